The highest BCUT2D eigenvalue weighted by Crippen LogP contribution is 2.16. The monoisotopic (exact) mass is 379 g/mol. The zero-order valence-electron chi connectivity index (χ0n) is 15.3. The number of nitrogens with zero attached hydrogens (tertiary/aromatic N) is 5. The summed E-state index contributed by atoms with van der Waals surface area (Å²) in [5, 5.41) is 7.64. The number of hydrogen-bond acceptors (Lipinski definition) is 7. The molecular formula is C16H25N7O2S. The Morgan fingerprint density at radius 3 is 2.62 bits per heavy atom. The predicted molar refractivity (Wildman–Crippen MR) is 98.8 cm³/mol. The van der Waals surface area contributed by atoms with Crippen LogP contribution in [0.25, 0.3) is 0 Å². The number of rotatable bonds is 7. The van der Waals surface area contributed by atoms with Crippen molar-refractivity contribution >= 4 is 16.0 Å². The van der Waals surface area contributed by atoms with Gasteiger partial charge in [0.05, 0.1) is 30.7 Å². The molecule has 0 unspecified atom stereocenters. The molecule has 2 aromatic rings. The number of sulfonamides is 1. The van der Waals surface area contributed by atoms with E-state index < -0.39 is 10.0 Å². The molecule has 0 bridgehead atoms. The predicted octanol–water partition coefficient (Wildman–Crippen LogP) is 0.558. The summed E-state index contributed by atoms with van der Waals surface area (Å²) in [5.74, 6) is 0.642. The van der Waals surface area contributed by atoms with Crippen LogP contribution in [0.4, 0.5) is 5.95 Å². The molecule has 0 aliphatic carbocycles. The largest absolute Gasteiger partial charge is 0.352 e. The molecule has 0 saturated heterocycles. The number of fused-ring (bicyclic) bond motifs is 1. The molecule has 2 N–H and O–H groups in total. The van der Waals surface area contributed by atoms with Crippen molar-refractivity contribution in [3.05, 3.63) is 35.4 Å². The van der Waals surface area contributed by atoms with Crippen LogP contribution in [0.2, 0.25) is 0 Å². The van der Waals surface area contributed by atoms with Gasteiger partial charge in [0.1, 0.15) is 0 Å². The first-order valence-corrected chi connectivity index (χ1v) is 10.5. The van der Waals surface area contributed by atoms with Gasteiger partial charge in [0.2, 0.25) is 16.0 Å². The fourth-order valence-electron chi connectivity index (χ4n) is 2.83. The molecule has 0 radical (unpaired) electrons. The first kappa shape index (κ1) is 18.7. The summed E-state index contributed by atoms with van der Waals surface area (Å²) in [6.45, 7) is 7.50. The third kappa shape index (κ3) is 5.23. The fourth-order valence-corrected chi connectivity index (χ4v) is 3.24. The van der Waals surface area contributed by atoms with Gasteiger partial charge in [-0.15, -0.1) is 0 Å². The van der Waals surface area contributed by atoms with Gasteiger partial charge in [-0.1, -0.05) is 0 Å². The van der Waals surface area contributed by atoms with Gasteiger partial charge in [-0.3, -0.25) is 9.58 Å². The van der Waals surface area contributed by atoms with E-state index in [0.717, 1.165) is 49.4 Å². The zero-order chi connectivity index (χ0) is 18.7. The van der Waals surface area contributed by atoms with E-state index in [1.807, 2.05) is 37.0 Å². The van der Waals surface area contributed by atoms with Crippen LogP contribution in [0.15, 0.2) is 18.5 Å². The number of hydrogen-bond donors (Lipinski definition) is 2. The van der Waals surface area contributed by atoms with E-state index in [1.165, 1.54) is 0 Å². The normalized spacial score (nSPS) is 15.2. The van der Waals surface area contributed by atoms with Gasteiger partial charge in [0.15, 0.2) is 0 Å². The molecule has 3 rings (SSSR count). The topological polar surface area (TPSA) is 105 Å². The van der Waals surface area contributed by atoms with Gasteiger partial charge in [-0.25, -0.2) is 23.1 Å². The van der Waals surface area contributed by atoms with Crippen molar-refractivity contribution in [1.82, 2.24) is 29.4 Å². The third-order valence-electron chi connectivity index (χ3n) is 3.97. The van der Waals surface area contributed by atoms with E-state index in [0.29, 0.717) is 12.0 Å². The van der Waals surface area contributed by atoms with Crippen molar-refractivity contribution in [2.75, 3.05) is 18.1 Å². The SMILES string of the molecule is CC(C)Nc1ncc(CN2CCn3nc(CNS(C)(=O)=O)cc3C2)cn1. The van der Waals surface area contributed by atoms with Crippen LogP contribution in [0.3, 0.4) is 0 Å². The van der Waals surface area contributed by atoms with Gasteiger partial charge in [-0.05, 0) is 19.9 Å². The van der Waals surface area contributed by atoms with Crippen molar-refractivity contribution in [1.29, 1.82) is 0 Å². The third-order valence-corrected chi connectivity index (χ3v) is 4.64. The lowest BCUT2D eigenvalue weighted by Gasteiger charge is -2.27. The average Bonchev–Trinajstić information content (AvgIpc) is 2.96. The van der Waals surface area contributed by atoms with Crippen LogP contribution in [0.5, 0.6) is 0 Å². The highest BCUT2D eigenvalue weighted by atomic mass is 32.2. The molecule has 26 heavy (non-hydrogen) atoms. The van der Waals surface area contributed by atoms with Gasteiger partial charge in [0, 0.05) is 43.6 Å². The molecule has 1 aliphatic heterocycles. The molecule has 142 valence electrons. The molecule has 3 heterocycles. The lowest BCUT2D eigenvalue weighted by atomic mass is 10.2. The van der Waals surface area contributed by atoms with E-state index in [-0.39, 0.29) is 6.54 Å². The van der Waals surface area contributed by atoms with Gasteiger partial charge in [0.25, 0.3) is 0 Å². The average molecular weight is 379 g/mol. The quantitative estimate of drug-likeness (QED) is 0.724. The Labute approximate surface area is 153 Å². The summed E-state index contributed by atoms with van der Waals surface area (Å²) in [4.78, 5) is 11.0. The van der Waals surface area contributed by atoms with Crippen LogP contribution < -0.4 is 10.0 Å². The molecule has 2 aromatic heterocycles. The second-order valence-electron chi connectivity index (χ2n) is 6.87. The second-order valence-corrected chi connectivity index (χ2v) is 8.70. The minimum atomic E-state index is -3.22. The fraction of sp³-hybridized carbons (Fsp3) is 0.562. The number of aromatic nitrogens is 4. The first-order chi connectivity index (χ1) is 12.3. The van der Waals surface area contributed by atoms with Crippen LogP contribution in [-0.2, 0) is 36.2 Å². The maximum absolute atomic E-state index is 11.2. The van der Waals surface area contributed by atoms with E-state index in [1.54, 1.807) is 0 Å². The van der Waals surface area contributed by atoms with Crippen LogP contribution in [0, 0.1) is 0 Å². The summed E-state index contributed by atoms with van der Waals surface area (Å²) < 4.78 is 26.9. The standard InChI is InChI=1S/C16H25N7O2S/c1-12(2)20-16-17-7-13(8-18-16)10-22-4-5-23-15(11-22)6-14(21-23)9-19-26(3,24)25/h6-8,12,19H,4-5,9-11H2,1-3H3,(H,17,18,20). The summed E-state index contributed by atoms with van der Waals surface area (Å²) >= 11 is 0. The van der Waals surface area contributed by atoms with Crippen LogP contribution in [-0.4, -0.2) is 51.9 Å². The van der Waals surface area contributed by atoms with E-state index in [4.69, 9.17) is 0 Å². The summed E-state index contributed by atoms with van der Waals surface area (Å²) in [7, 11) is -3.22. The number of nitrogens with one attached hydrogen (secondary N) is 2. The molecule has 0 spiro atoms. The van der Waals surface area contributed by atoms with E-state index in [2.05, 4.69) is 30.0 Å². The Hall–Kier alpha value is -2.04. The minimum Gasteiger partial charge on any atom is -0.352 e. The first-order valence-electron chi connectivity index (χ1n) is 8.58. The highest BCUT2D eigenvalue weighted by Gasteiger charge is 2.19. The molecule has 0 saturated carbocycles. The molecule has 1 aliphatic rings. The maximum atomic E-state index is 11.2. The van der Waals surface area contributed by atoms with Crippen molar-refractivity contribution in [2.45, 2.75) is 46.1 Å². The summed E-state index contributed by atoms with van der Waals surface area (Å²) in [5.41, 5.74) is 2.88. The second kappa shape index (κ2) is 7.68. The minimum absolute atomic E-state index is 0.219. The molecule has 0 amide bonds. The van der Waals surface area contributed by atoms with E-state index in [9.17, 15) is 8.42 Å². The Kier molecular flexibility index (Phi) is 5.54. The Bertz CT molecular complexity index is 846. The van der Waals surface area contributed by atoms with Gasteiger partial charge < -0.3 is 5.32 Å². The Morgan fingerprint density at radius 2 is 1.96 bits per heavy atom. The Balaban J connectivity index is 1.59. The van der Waals surface area contributed by atoms with Crippen LogP contribution in [0.1, 0.15) is 30.8 Å². The molecule has 0 aromatic carbocycles. The molecule has 10 heteroatoms. The van der Waals surface area contributed by atoms with Gasteiger partial charge >= 0.3 is 0 Å². The van der Waals surface area contributed by atoms with Crippen LogP contribution >= 0.6 is 0 Å². The van der Waals surface area contributed by atoms with Crippen molar-refractivity contribution in [3.8, 4) is 0 Å². The molecule has 9 nitrogen and oxygen atoms in total. The molecule has 0 atom stereocenters. The highest BCUT2D eigenvalue weighted by molar-refractivity contribution is 7.88. The van der Waals surface area contributed by atoms with Crippen molar-refractivity contribution in [3.63, 3.8) is 0 Å². The Morgan fingerprint density at radius 1 is 1.23 bits per heavy atom. The molecular weight excluding hydrogens is 354 g/mol. The lowest BCUT2D eigenvalue weighted by molar-refractivity contribution is 0.204. The zero-order valence-corrected chi connectivity index (χ0v) is 16.1. The lowest BCUT2D eigenvalue weighted by Crippen LogP contribution is -2.33. The summed E-state index contributed by atoms with van der Waals surface area (Å²) in [6.07, 6.45) is 4.85. The van der Waals surface area contributed by atoms with Crippen molar-refractivity contribution < 1.29 is 8.42 Å². The maximum Gasteiger partial charge on any atom is 0.222 e. The van der Waals surface area contributed by atoms with Crippen molar-refractivity contribution in [2.24, 2.45) is 0 Å². The summed E-state index contributed by atoms with van der Waals surface area (Å²) in [6, 6.07) is 2.26. The molecule has 0 fully saturated rings. The smallest absolute Gasteiger partial charge is 0.222 e. The van der Waals surface area contributed by atoms with Gasteiger partial charge in [-0.2, -0.15) is 5.10 Å². The van der Waals surface area contributed by atoms with E-state index >= 15 is 0 Å². The number of anilines is 1.